The van der Waals surface area contributed by atoms with Gasteiger partial charge in [-0.05, 0) is 48.4 Å². The SMILES string of the molecule is Cl.N[C@@H](COc1ccc(C(=O)N2CC[C@H](c3ccc(F)cc3)C2)cc1)Cn1ccnn1. The fourth-order valence-electron chi connectivity index (χ4n) is 3.65. The average Bonchev–Trinajstić information content (AvgIpc) is 3.45. The molecule has 1 aromatic heterocycles. The molecule has 31 heavy (non-hydrogen) atoms. The summed E-state index contributed by atoms with van der Waals surface area (Å²) in [5.41, 5.74) is 7.73. The zero-order valence-corrected chi connectivity index (χ0v) is 17.7. The fraction of sp³-hybridized carbons (Fsp3) is 0.318. The van der Waals surface area contributed by atoms with Gasteiger partial charge in [0.1, 0.15) is 18.2 Å². The van der Waals surface area contributed by atoms with Crippen molar-refractivity contribution in [1.82, 2.24) is 19.9 Å². The minimum atomic E-state index is -0.244. The van der Waals surface area contributed by atoms with Gasteiger partial charge in [0.15, 0.2) is 0 Å². The Balaban J connectivity index is 0.00000272. The van der Waals surface area contributed by atoms with Crippen LogP contribution in [-0.2, 0) is 6.54 Å². The molecule has 2 N–H and O–H groups in total. The van der Waals surface area contributed by atoms with Gasteiger partial charge in [-0.3, -0.25) is 9.48 Å². The number of likely N-dealkylation sites (tertiary alicyclic amines) is 1. The number of amides is 1. The lowest BCUT2D eigenvalue weighted by Crippen LogP contribution is -2.32. The van der Waals surface area contributed by atoms with Gasteiger partial charge < -0.3 is 15.4 Å². The van der Waals surface area contributed by atoms with E-state index in [0.717, 1.165) is 12.0 Å². The third-order valence-electron chi connectivity index (χ3n) is 5.28. The molecule has 1 aliphatic heterocycles. The molecule has 0 aliphatic carbocycles. The van der Waals surface area contributed by atoms with Crippen molar-refractivity contribution in [3.8, 4) is 5.75 Å². The highest BCUT2D eigenvalue weighted by Gasteiger charge is 2.28. The summed E-state index contributed by atoms with van der Waals surface area (Å²) in [4.78, 5) is 14.7. The summed E-state index contributed by atoms with van der Waals surface area (Å²) in [6.45, 7) is 2.18. The number of benzene rings is 2. The van der Waals surface area contributed by atoms with Crippen LogP contribution in [0.5, 0.6) is 5.75 Å². The van der Waals surface area contributed by atoms with Crippen molar-refractivity contribution in [2.45, 2.75) is 24.9 Å². The van der Waals surface area contributed by atoms with E-state index in [2.05, 4.69) is 10.3 Å². The van der Waals surface area contributed by atoms with E-state index >= 15 is 0 Å². The highest BCUT2D eigenvalue weighted by Crippen LogP contribution is 2.28. The van der Waals surface area contributed by atoms with Crippen LogP contribution in [0.25, 0.3) is 0 Å². The number of carbonyl (C=O) groups excluding carboxylic acids is 1. The molecule has 1 amide bonds. The number of halogens is 2. The van der Waals surface area contributed by atoms with E-state index in [9.17, 15) is 9.18 Å². The molecule has 7 nitrogen and oxygen atoms in total. The van der Waals surface area contributed by atoms with Gasteiger partial charge in [0.05, 0.1) is 18.8 Å². The van der Waals surface area contributed by atoms with Crippen LogP contribution in [0.3, 0.4) is 0 Å². The van der Waals surface area contributed by atoms with Crippen LogP contribution in [0, 0.1) is 5.82 Å². The molecule has 0 radical (unpaired) electrons. The molecular weight excluding hydrogens is 421 g/mol. The van der Waals surface area contributed by atoms with Gasteiger partial charge in [-0.2, -0.15) is 0 Å². The van der Waals surface area contributed by atoms with Gasteiger partial charge in [-0.15, -0.1) is 17.5 Å². The Morgan fingerprint density at radius 3 is 2.61 bits per heavy atom. The molecule has 2 atom stereocenters. The van der Waals surface area contributed by atoms with Gasteiger partial charge >= 0.3 is 0 Å². The average molecular weight is 446 g/mol. The molecule has 4 rings (SSSR count). The first-order valence-electron chi connectivity index (χ1n) is 9.96. The van der Waals surface area contributed by atoms with Crippen LogP contribution in [0.1, 0.15) is 28.3 Å². The number of nitrogens with two attached hydrogens (primary N) is 1. The number of hydrogen-bond acceptors (Lipinski definition) is 5. The molecule has 1 saturated heterocycles. The van der Waals surface area contributed by atoms with Crippen molar-refractivity contribution >= 4 is 18.3 Å². The molecular formula is C22H25ClFN5O2. The van der Waals surface area contributed by atoms with E-state index in [0.29, 0.717) is 37.6 Å². The second kappa shape index (κ2) is 10.4. The first-order chi connectivity index (χ1) is 14.6. The molecule has 1 fully saturated rings. The van der Waals surface area contributed by atoms with Gasteiger partial charge in [0.25, 0.3) is 5.91 Å². The predicted molar refractivity (Wildman–Crippen MR) is 117 cm³/mol. The monoisotopic (exact) mass is 445 g/mol. The standard InChI is InChI=1S/C22H24FN5O2.ClH/c23-19-5-1-16(2-6-19)18-9-11-27(13-18)22(29)17-3-7-21(8-4-17)30-15-20(24)14-28-12-10-25-26-28;/h1-8,10,12,18,20H,9,11,13-15,24H2;1H/t18-,20+;/m0./s1. The number of ether oxygens (including phenoxy) is 1. The van der Waals surface area contributed by atoms with E-state index in [1.807, 2.05) is 4.90 Å². The second-order valence-electron chi connectivity index (χ2n) is 7.51. The maximum atomic E-state index is 13.1. The Morgan fingerprint density at radius 2 is 1.94 bits per heavy atom. The maximum absolute atomic E-state index is 13.1. The minimum Gasteiger partial charge on any atom is -0.492 e. The van der Waals surface area contributed by atoms with Gasteiger partial charge in [-0.1, -0.05) is 17.3 Å². The summed E-state index contributed by atoms with van der Waals surface area (Å²) < 4.78 is 20.5. The normalized spacial score (nSPS) is 16.6. The lowest BCUT2D eigenvalue weighted by Gasteiger charge is -2.17. The highest BCUT2D eigenvalue weighted by molar-refractivity contribution is 5.94. The topological polar surface area (TPSA) is 86.3 Å². The van der Waals surface area contributed by atoms with Crippen LogP contribution in [0.2, 0.25) is 0 Å². The fourth-order valence-corrected chi connectivity index (χ4v) is 3.65. The molecule has 0 unspecified atom stereocenters. The Labute approximate surface area is 186 Å². The molecule has 164 valence electrons. The maximum Gasteiger partial charge on any atom is 0.253 e. The summed E-state index contributed by atoms with van der Waals surface area (Å²) in [7, 11) is 0. The Kier molecular flexibility index (Phi) is 7.59. The first kappa shape index (κ1) is 22.7. The minimum absolute atomic E-state index is 0. The smallest absolute Gasteiger partial charge is 0.253 e. The van der Waals surface area contributed by atoms with Gasteiger partial charge in [-0.25, -0.2) is 4.39 Å². The van der Waals surface area contributed by atoms with Crippen molar-refractivity contribution in [1.29, 1.82) is 0 Å². The van der Waals surface area contributed by atoms with Crippen LogP contribution >= 0.6 is 12.4 Å². The zero-order chi connectivity index (χ0) is 20.9. The van der Waals surface area contributed by atoms with Gasteiger partial charge in [0.2, 0.25) is 0 Å². The van der Waals surface area contributed by atoms with Gasteiger partial charge in [0, 0.05) is 30.8 Å². The molecule has 3 aromatic rings. The first-order valence-corrected chi connectivity index (χ1v) is 9.96. The third-order valence-corrected chi connectivity index (χ3v) is 5.28. The number of carbonyl (C=O) groups is 1. The third kappa shape index (κ3) is 5.80. The number of aromatic nitrogens is 3. The lowest BCUT2D eigenvalue weighted by atomic mass is 9.99. The van der Waals surface area contributed by atoms with Crippen molar-refractivity contribution in [2.24, 2.45) is 5.73 Å². The van der Waals surface area contributed by atoms with E-state index < -0.39 is 0 Å². The molecule has 0 spiro atoms. The molecule has 1 aliphatic rings. The van der Waals surface area contributed by atoms with E-state index in [-0.39, 0.29) is 36.1 Å². The largest absolute Gasteiger partial charge is 0.492 e. The molecule has 2 aromatic carbocycles. The van der Waals surface area contributed by atoms with Crippen LogP contribution < -0.4 is 10.5 Å². The van der Waals surface area contributed by atoms with Crippen molar-refractivity contribution in [2.75, 3.05) is 19.7 Å². The molecule has 9 heteroatoms. The number of rotatable bonds is 7. The number of nitrogens with zero attached hydrogens (tertiary/aromatic N) is 4. The summed E-state index contributed by atoms with van der Waals surface area (Å²) in [6, 6.07) is 13.4. The van der Waals surface area contributed by atoms with Crippen LogP contribution in [0.4, 0.5) is 4.39 Å². The summed E-state index contributed by atoms with van der Waals surface area (Å²) in [6.07, 6.45) is 4.23. The van der Waals surface area contributed by atoms with Crippen LogP contribution in [-0.4, -0.2) is 51.5 Å². The molecule has 2 heterocycles. The number of hydrogen-bond donors (Lipinski definition) is 1. The summed E-state index contributed by atoms with van der Waals surface area (Å²) in [5.74, 6) is 0.648. The predicted octanol–water partition coefficient (Wildman–Crippen LogP) is 2.88. The van der Waals surface area contributed by atoms with E-state index in [4.69, 9.17) is 10.5 Å². The lowest BCUT2D eigenvalue weighted by molar-refractivity contribution is 0.0790. The molecule has 0 bridgehead atoms. The molecule has 0 saturated carbocycles. The second-order valence-corrected chi connectivity index (χ2v) is 7.51. The summed E-state index contributed by atoms with van der Waals surface area (Å²) in [5, 5.41) is 7.62. The van der Waals surface area contributed by atoms with Crippen molar-refractivity contribution in [3.63, 3.8) is 0 Å². The van der Waals surface area contributed by atoms with E-state index in [1.54, 1.807) is 53.5 Å². The van der Waals surface area contributed by atoms with Crippen molar-refractivity contribution in [3.05, 3.63) is 77.9 Å². The zero-order valence-electron chi connectivity index (χ0n) is 16.9. The highest BCUT2D eigenvalue weighted by atomic mass is 35.5. The Morgan fingerprint density at radius 1 is 1.19 bits per heavy atom. The van der Waals surface area contributed by atoms with E-state index in [1.165, 1.54) is 12.1 Å². The van der Waals surface area contributed by atoms with Crippen molar-refractivity contribution < 1.29 is 13.9 Å². The Hall–Kier alpha value is -2.97. The van der Waals surface area contributed by atoms with Crippen LogP contribution in [0.15, 0.2) is 60.9 Å². The Bertz CT molecular complexity index is 967. The summed E-state index contributed by atoms with van der Waals surface area (Å²) >= 11 is 0. The quantitative estimate of drug-likeness (QED) is 0.604.